The molecule has 0 saturated heterocycles. The number of allylic oxidation sites excluding steroid dienone is 1. The molecule has 2 heterocycles. The number of thiazole rings is 1. The van der Waals surface area contributed by atoms with Gasteiger partial charge in [0, 0.05) is 5.56 Å². The lowest BCUT2D eigenvalue weighted by atomic mass is 9.83. The first-order chi connectivity index (χ1) is 18.0. The highest BCUT2D eigenvalue weighted by molar-refractivity contribution is 7.07. The predicted octanol–water partition coefficient (Wildman–Crippen LogP) is 4.69. The number of aromatic hydroxyl groups is 1. The molecule has 186 valence electrons. The molecule has 37 heavy (non-hydrogen) atoms. The number of aryl methyl sites for hydroxylation is 1. The summed E-state index contributed by atoms with van der Waals surface area (Å²) in [5, 5.41) is 10.3. The molecule has 0 amide bonds. The molecule has 0 radical (unpaired) electrons. The maximum atomic E-state index is 13.9. The fourth-order valence-corrected chi connectivity index (χ4v) is 6.31. The quantitative estimate of drug-likeness (QED) is 0.415. The van der Waals surface area contributed by atoms with Crippen molar-refractivity contribution < 1.29 is 14.6 Å². The molecule has 4 aromatic rings. The van der Waals surface area contributed by atoms with Crippen molar-refractivity contribution in [2.45, 2.75) is 18.9 Å². The Morgan fingerprint density at radius 3 is 2.62 bits per heavy atom. The normalized spacial score (nSPS) is 16.5. The van der Waals surface area contributed by atoms with Gasteiger partial charge < -0.3 is 14.6 Å². The van der Waals surface area contributed by atoms with Crippen molar-refractivity contribution in [2.75, 3.05) is 14.2 Å². The molecule has 1 aliphatic heterocycles. The first-order valence-electron chi connectivity index (χ1n) is 11.8. The summed E-state index contributed by atoms with van der Waals surface area (Å²) in [5.41, 5.74) is 6.00. The van der Waals surface area contributed by atoms with Crippen LogP contribution >= 0.6 is 22.9 Å². The van der Waals surface area contributed by atoms with Gasteiger partial charge in [-0.15, -0.1) is 0 Å². The first-order valence-corrected chi connectivity index (χ1v) is 13.0. The van der Waals surface area contributed by atoms with Gasteiger partial charge in [0.15, 0.2) is 16.3 Å². The molecule has 1 aromatic heterocycles. The van der Waals surface area contributed by atoms with E-state index in [4.69, 9.17) is 26.1 Å². The highest BCUT2D eigenvalue weighted by Crippen LogP contribution is 2.41. The number of hydrogen-bond acceptors (Lipinski definition) is 6. The number of fused-ring (bicyclic) bond motifs is 3. The molecule has 1 atom stereocenters. The maximum Gasteiger partial charge on any atom is 0.271 e. The van der Waals surface area contributed by atoms with E-state index in [2.05, 4.69) is 18.2 Å². The van der Waals surface area contributed by atoms with Crippen molar-refractivity contribution in [3.05, 3.63) is 113 Å². The third-order valence-corrected chi connectivity index (χ3v) is 8.14. The number of phenols is 1. The third kappa shape index (κ3) is 3.95. The Labute approximate surface area is 222 Å². The van der Waals surface area contributed by atoms with E-state index < -0.39 is 0 Å². The number of methoxy groups -OCH3 is 2. The summed E-state index contributed by atoms with van der Waals surface area (Å²) >= 11 is 7.54. The van der Waals surface area contributed by atoms with Crippen LogP contribution < -0.4 is 24.4 Å². The average molecular weight is 531 g/mol. The largest absolute Gasteiger partial charge is 0.503 e. The molecule has 0 spiro atoms. The molecule has 8 heteroatoms. The smallest absolute Gasteiger partial charge is 0.271 e. The molecule has 0 bridgehead atoms. The van der Waals surface area contributed by atoms with E-state index in [0.717, 1.165) is 41.0 Å². The van der Waals surface area contributed by atoms with E-state index in [1.54, 1.807) is 29.9 Å². The summed E-state index contributed by atoms with van der Waals surface area (Å²) in [6.07, 6.45) is 3.48. The second-order valence-corrected chi connectivity index (χ2v) is 10.4. The Morgan fingerprint density at radius 1 is 1.08 bits per heavy atom. The van der Waals surface area contributed by atoms with E-state index in [1.165, 1.54) is 24.0 Å². The van der Waals surface area contributed by atoms with Crippen molar-refractivity contribution in [1.82, 2.24) is 4.57 Å². The summed E-state index contributed by atoms with van der Waals surface area (Å²) in [6, 6.07) is 19.2. The SMILES string of the molecule is COc1ccc([C@H]2C3=C(N=c4s/c(=C\c5cc(Cl)c(O)c(OC)c5)c(=O)n42)c2ccccc2CC3)cc1. The van der Waals surface area contributed by atoms with E-state index in [0.29, 0.717) is 14.9 Å². The number of aromatic nitrogens is 1. The Kier molecular flexibility index (Phi) is 5.89. The first kappa shape index (κ1) is 23.6. The van der Waals surface area contributed by atoms with Crippen molar-refractivity contribution in [3.63, 3.8) is 0 Å². The number of hydrogen-bond donors (Lipinski definition) is 1. The lowest BCUT2D eigenvalue weighted by Gasteiger charge is -2.30. The van der Waals surface area contributed by atoms with Gasteiger partial charge in [0.25, 0.3) is 5.56 Å². The van der Waals surface area contributed by atoms with Crippen LogP contribution in [-0.4, -0.2) is 23.9 Å². The molecule has 6 nitrogen and oxygen atoms in total. The zero-order chi connectivity index (χ0) is 25.7. The van der Waals surface area contributed by atoms with E-state index >= 15 is 0 Å². The van der Waals surface area contributed by atoms with Gasteiger partial charge in [0.2, 0.25) is 0 Å². The molecule has 0 saturated carbocycles. The van der Waals surface area contributed by atoms with Crippen LogP contribution in [0.5, 0.6) is 17.2 Å². The number of benzene rings is 3. The van der Waals surface area contributed by atoms with E-state index in [1.807, 2.05) is 30.3 Å². The fraction of sp³-hybridized carbons (Fsp3) is 0.172. The molecular formula is C29H23ClN2O4S. The van der Waals surface area contributed by atoms with Crippen LogP contribution in [0.1, 0.15) is 34.7 Å². The van der Waals surface area contributed by atoms with Gasteiger partial charge in [0.05, 0.1) is 35.5 Å². The standard InChI is InChI=1S/C29H23ClN2O4S/c1-35-19-10-7-18(8-11-19)26-21-12-9-17-5-3-4-6-20(17)25(21)31-29-32(26)28(34)24(37-29)15-16-13-22(30)27(33)23(14-16)36-2/h3-8,10-11,13-15,26,33H,9,12H2,1-2H3/b24-15-/t26-/m0/s1. The zero-order valence-corrected chi connectivity index (χ0v) is 21.8. The van der Waals surface area contributed by atoms with Crippen molar-refractivity contribution in [1.29, 1.82) is 0 Å². The second-order valence-electron chi connectivity index (χ2n) is 8.94. The van der Waals surface area contributed by atoms with Gasteiger partial charge in [-0.2, -0.15) is 0 Å². The summed E-state index contributed by atoms with van der Waals surface area (Å²) < 4.78 is 12.9. The average Bonchev–Trinajstić information content (AvgIpc) is 3.23. The Bertz CT molecular complexity index is 1750. The van der Waals surface area contributed by atoms with Crippen LogP contribution in [0.3, 0.4) is 0 Å². The van der Waals surface area contributed by atoms with E-state index in [-0.39, 0.29) is 28.1 Å². The topological polar surface area (TPSA) is 73.1 Å². The third-order valence-electron chi connectivity index (χ3n) is 6.87. The van der Waals surface area contributed by atoms with Gasteiger partial charge in [-0.3, -0.25) is 9.36 Å². The molecule has 6 rings (SSSR count). The molecule has 1 aliphatic carbocycles. The maximum absolute atomic E-state index is 13.9. The number of phenolic OH excluding ortho intramolecular Hbond substituents is 1. The molecular weight excluding hydrogens is 508 g/mol. The van der Waals surface area contributed by atoms with Crippen molar-refractivity contribution in [2.24, 2.45) is 4.99 Å². The number of halogens is 1. The number of rotatable bonds is 4. The Morgan fingerprint density at radius 2 is 1.86 bits per heavy atom. The van der Waals surface area contributed by atoms with Crippen molar-refractivity contribution in [3.8, 4) is 17.2 Å². The van der Waals surface area contributed by atoms with E-state index in [9.17, 15) is 9.90 Å². The highest BCUT2D eigenvalue weighted by atomic mass is 35.5. The number of ether oxygens (including phenoxy) is 2. The van der Waals surface area contributed by atoms with Crippen LogP contribution in [0.25, 0.3) is 11.8 Å². The van der Waals surface area contributed by atoms with Crippen LogP contribution in [-0.2, 0) is 6.42 Å². The Balaban J connectivity index is 1.59. The Hall–Kier alpha value is -3.81. The minimum atomic E-state index is -0.273. The molecule has 0 fully saturated rings. The monoisotopic (exact) mass is 530 g/mol. The predicted molar refractivity (Wildman–Crippen MR) is 145 cm³/mol. The lowest BCUT2D eigenvalue weighted by molar-refractivity contribution is 0.373. The van der Waals surface area contributed by atoms with Crippen LogP contribution in [0.15, 0.2) is 76.0 Å². The zero-order valence-electron chi connectivity index (χ0n) is 20.2. The van der Waals surface area contributed by atoms with Crippen LogP contribution in [0.2, 0.25) is 5.02 Å². The molecule has 1 N–H and O–H groups in total. The fourth-order valence-electron chi connectivity index (χ4n) is 5.09. The van der Waals surface area contributed by atoms with Crippen LogP contribution in [0.4, 0.5) is 0 Å². The lowest BCUT2D eigenvalue weighted by Crippen LogP contribution is -2.38. The number of nitrogens with zero attached hydrogens (tertiary/aromatic N) is 2. The van der Waals surface area contributed by atoms with Gasteiger partial charge in [-0.05, 0) is 65.4 Å². The summed E-state index contributed by atoms with van der Waals surface area (Å²) in [7, 11) is 3.10. The molecule has 3 aromatic carbocycles. The minimum Gasteiger partial charge on any atom is -0.503 e. The minimum absolute atomic E-state index is 0.127. The van der Waals surface area contributed by atoms with Gasteiger partial charge in [-0.1, -0.05) is 59.3 Å². The van der Waals surface area contributed by atoms with Gasteiger partial charge in [0.1, 0.15) is 5.75 Å². The van der Waals surface area contributed by atoms with Gasteiger partial charge in [-0.25, -0.2) is 4.99 Å². The summed E-state index contributed by atoms with van der Waals surface area (Å²) in [4.78, 5) is 19.5. The summed E-state index contributed by atoms with van der Waals surface area (Å²) in [5.74, 6) is 0.876. The van der Waals surface area contributed by atoms with Gasteiger partial charge >= 0.3 is 0 Å². The molecule has 2 aliphatic rings. The summed E-state index contributed by atoms with van der Waals surface area (Å²) in [6.45, 7) is 0. The van der Waals surface area contributed by atoms with Crippen LogP contribution in [0, 0.1) is 0 Å². The highest BCUT2D eigenvalue weighted by Gasteiger charge is 2.32. The molecule has 0 unspecified atom stereocenters. The van der Waals surface area contributed by atoms with Crippen molar-refractivity contribution >= 4 is 34.7 Å². The second kappa shape index (κ2) is 9.25.